The third-order valence-corrected chi connectivity index (χ3v) is 9.86. The molecular formula is C35H45N5O6S2. The number of thioether (sulfide) groups is 2. The van der Waals surface area contributed by atoms with Crippen LogP contribution in [-0.2, 0) is 25.6 Å². The highest BCUT2D eigenvalue weighted by Gasteiger charge is 2.50. The molecule has 2 heterocycles. The van der Waals surface area contributed by atoms with E-state index < -0.39 is 52.2 Å². The first-order valence-electron chi connectivity index (χ1n) is 15.7. The van der Waals surface area contributed by atoms with Crippen molar-refractivity contribution >= 4 is 57.9 Å². The van der Waals surface area contributed by atoms with Gasteiger partial charge in [-0.05, 0) is 65.0 Å². The number of nitrogens with one attached hydrogen (secondary N) is 3. The van der Waals surface area contributed by atoms with Gasteiger partial charge in [0.05, 0.1) is 11.9 Å². The van der Waals surface area contributed by atoms with E-state index in [0.717, 1.165) is 16.3 Å². The Labute approximate surface area is 290 Å². The Hall–Kier alpha value is -3.81. The SMILES string of the molecule is CSC[C@H](NC(=O)COc1cccc2cnccc12)C(=O)N[C@@H](Cc1ccccc1)[C@H](O)C(=O)N1CSC(C)(C)[C@@H]1C(=O)NC(C)(C)C. The van der Waals surface area contributed by atoms with Gasteiger partial charge in [0.25, 0.3) is 11.8 Å². The molecule has 11 nitrogen and oxygen atoms in total. The first kappa shape index (κ1) is 37.0. The molecule has 0 unspecified atom stereocenters. The number of amides is 4. The minimum atomic E-state index is -1.66. The summed E-state index contributed by atoms with van der Waals surface area (Å²) in [5.74, 6) is -1.07. The topological polar surface area (TPSA) is 150 Å². The Kier molecular flexibility index (Phi) is 12.4. The number of aliphatic hydroxyl groups excluding tert-OH is 1. The van der Waals surface area contributed by atoms with Gasteiger partial charge in [-0.3, -0.25) is 24.2 Å². The van der Waals surface area contributed by atoms with Crippen LogP contribution in [0.25, 0.3) is 10.8 Å². The lowest BCUT2D eigenvalue weighted by molar-refractivity contribution is -0.148. The van der Waals surface area contributed by atoms with Crippen molar-refractivity contribution in [3.05, 3.63) is 72.6 Å². The van der Waals surface area contributed by atoms with E-state index in [4.69, 9.17) is 4.74 Å². The third-order valence-electron chi connectivity index (χ3n) is 7.82. The van der Waals surface area contributed by atoms with Crippen LogP contribution in [0.5, 0.6) is 5.75 Å². The summed E-state index contributed by atoms with van der Waals surface area (Å²) in [6.07, 6.45) is 3.63. The van der Waals surface area contributed by atoms with E-state index >= 15 is 0 Å². The average molecular weight is 696 g/mol. The quantitative estimate of drug-likeness (QED) is 0.212. The van der Waals surface area contributed by atoms with Gasteiger partial charge in [0.1, 0.15) is 17.8 Å². The van der Waals surface area contributed by atoms with Gasteiger partial charge in [0, 0.05) is 39.2 Å². The summed E-state index contributed by atoms with van der Waals surface area (Å²) < 4.78 is 5.19. The standard InChI is InChI=1S/C35H45N5O6S2/c1-34(2,3)39-32(44)30-35(4,5)48-21-40(30)33(45)29(42)25(17-22-11-8-7-9-12-22)38-31(43)26(20-47-6)37-28(41)19-46-27-14-10-13-23-18-36-16-15-24(23)27/h7-16,18,25-26,29-30,42H,17,19-21H2,1-6H3,(H,37,41)(H,38,43)(H,39,44)/t25-,26-,29-,30-/m0/s1. The molecule has 48 heavy (non-hydrogen) atoms. The first-order valence-corrected chi connectivity index (χ1v) is 18.1. The van der Waals surface area contributed by atoms with Crippen molar-refractivity contribution in [2.45, 2.75) is 75.6 Å². The van der Waals surface area contributed by atoms with E-state index in [1.54, 1.807) is 24.5 Å². The normalized spacial score (nSPS) is 17.6. The molecule has 0 aliphatic carbocycles. The number of fused-ring (bicyclic) bond motifs is 1. The van der Waals surface area contributed by atoms with Crippen molar-refractivity contribution in [1.82, 2.24) is 25.8 Å². The molecule has 1 aromatic heterocycles. The number of carbonyl (C=O) groups excluding carboxylic acids is 4. The van der Waals surface area contributed by atoms with Crippen molar-refractivity contribution in [3.63, 3.8) is 0 Å². The largest absolute Gasteiger partial charge is 0.483 e. The van der Waals surface area contributed by atoms with Gasteiger partial charge in [-0.1, -0.05) is 42.5 Å². The lowest BCUT2D eigenvalue weighted by Crippen LogP contribution is -2.61. The molecule has 0 spiro atoms. The van der Waals surface area contributed by atoms with E-state index in [2.05, 4.69) is 20.9 Å². The molecule has 4 amide bonds. The van der Waals surface area contributed by atoms with Crippen LogP contribution in [0.15, 0.2) is 67.0 Å². The van der Waals surface area contributed by atoms with E-state index in [0.29, 0.717) is 5.75 Å². The molecule has 4 atom stereocenters. The molecule has 0 radical (unpaired) electrons. The monoisotopic (exact) mass is 695 g/mol. The second-order valence-corrected chi connectivity index (χ2v) is 15.8. The average Bonchev–Trinajstić information content (AvgIpc) is 3.36. The second kappa shape index (κ2) is 16.1. The minimum absolute atomic E-state index is 0.141. The summed E-state index contributed by atoms with van der Waals surface area (Å²) in [6, 6.07) is 13.6. The Morgan fingerprint density at radius 2 is 1.81 bits per heavy atom. The highest BCUT2D eigenvalue weighted by Crippen LogP contribution is 2.40. The smallest absolute Gasteiger partial charge is 0.258 e. The fraction of sp³-hybridized carbons (Fsp3) is 0.457. The van der Waals surface area contributed by atoms with E-state index in [9.17, 15) is 24.3 Å². The summed E-state index contributed by atoms with van der Waals surface area (Å²) in [6.45, 7) is 9.06. The molecule has 3 aromatic rings. The van der Waals surface area contributed by atoms with Crippen molar-refractivity contribution in [2.75, 3.05) is 24.5 Å². The summed E-state index contributed by atoms with van der Waals surface area (Å²) in [5, 5.41) is 21.8. The molecule has 4 N–H and O–H groups in total. The molecule has 2 aromatic carbocycles. The molecule has 258 valence electrons. The molecule has 1 aliphatic heterocycles. The van der Waals surface area contributed by atoms with Gasteiger partial charge >= 0.3 is 0 Å². The van der Waals surface area contributed by atoms with Crippen LogP contribution in [0.3, 0.4) is 0 Å². The molecule has 0 bridgehead atoms. The van der Waals surface area contributed by atoms with Crippen molar-refractivity contribution in [3.8, 4) is 5.75 Å². The zero-order valence-electron chi connectivity index (χ0n) is 28.2. The predicted molar refractivity (Wildman–Crippen MR) is 191 cm³/mol. The lowest BCUT2D eigenvalue weighted by Gasteiger charge is -2.35. The van der Waals surface area contributed by atoms with Gasteiger partial charge in [0.2, 0.25) is 11.8 Å². The van der Waals surface area contributed by atoms with Gasteiger partial charge in [-0.15, -0.1) is 11.8 Å². The van der Waals surface area contributed by atoms with E-state index in [1.165, 1.54) is 28.4 Å². The highest BCUT2D eigenvalue weighted by atomic mass is 32.2. The molecular weight excluding hydrogens is 651 g/mol. The maximum absolute atomic E-state index is 14.0. The van der Waals surface area contributed by atoms with Crippen molar-refractivity contribution < 1.29 is 29.0 Å². The maximum Gasteiger partial charge on any atom is 0.258 e. The highest BCUT2D eigenvalue weighted by molar-refractivity contribution is 8.00. The number of carbonyl (C=O) groups is 4. The zero-order chi connectivity index (χ0) is 35.1. The van der Waals surface area contributed by atoms with Crippen LogP contribution in [0, 0.1) is 0 Å². The molecule has 1 aliphatic rings. The first-order chi connectivity index (χ1) is 22.7. The number of pyridine rings is 1. The van der Waals surface area contributed by atoms with Crippen LogP contribution in [0.2, 0.25) is 0 Å². The van der Waals surface area contributed by atoms with Crippen LogP contribution < -0.4 is 20.7 Å². The summed E-state index contributed by atoms with van der Waals surface area (Å²) >= 11 is 2.81. The van der Waals surface area contributed by atoms with Crippen LogP contribution >= 0.6 is 23.5 Å². The second-order valence-electron chi connectivity index (χ2n) is 13.3. The molecule has 1 saturated heterocycles. The Bertz CT molecular complexity index is 1590. The summed E-state index contributed by atoms with van der Waals surface area (Å²) in [7, 11) is 0. The van der Waals surface area contributed by atoms with Crippen molar-refractivity contribution in [1.29, 1.82) is 0 Å². The molecule has 13 heteroatoms. The minimum Gasteiger partial charge on any atom is -0.483 e. The molecule has 0 saturated carbocycles. The number of ether oxygens (including phenoxy) is 1. The van der Waals surface area contributed by atoms with Crippen LogP contribution in [0.1, 0.15) is 40.2 Å². The third kappa shape index (κ3) is 9.64. The summed E-state index contributed by atoms with van der Waals surface area (Å²) in [5.41, 5.74) is 0.267. The number of aromatic nitrogens is 1. The predicted octanol–water partition coefficient (Wildman–Crippen LogP) is 3.14. The van der Waals surface area contributed by atoms with Gasteiger partial charge < -0.3 is 30.7 Å². The zero-order valence-corrected chi connectivity index (χ0v) is 29.8. The van der Waals surface area contributed by atoms with Crippen LogP contribution in [0.4, 0.5) is 0 Å². The Morgan fingerprint density at radius 1 is 1.08 bits per heavy atom. The number of rotatable bonds is 13. The molecule has 4 rings (SSSR count). The summed E-state index contributed by atoms with van der Waals surface area (Å²) in [4.78, 5) is 59.6. The number of benzene rings is 2. The van der Waals surface area contributed by atoms with Crippen LogP contribution in [-0.4, -0.2) is 97.6 Å². The lowest BCUT2D eigenvalue weighted by atomic mass is 9.96. The Balaban J connectivity index is 1.50. The number of aliphatic hydroxyl groups is 1. The van der Waals surface area contributed by atoms with Gasteiger partial charge in [-0.25, -0.2) is 0 Å². The van der Waals surface area contributed by atoms with E-state index in [-0.39, 0.29) is 30.6 Å². The maximum atomic E-state index is 14.0. The van der Waals surface area contributed by atoms with Gasteiger partial charge in [0.15, 0.2) is 12.7 Å². The number of nitrogens with zero attached hydrogens (tertiary/aromatic N) is 2. The number of hydrogen-bond donors (Lipinski definition) is 4. The number of hydrogen-bond acceptors (Lipinski definition) is 9. The fourth-order valence-electron chi connectivity index (χ4n) is 5.53. The van der Waals surface area contributed by atoms with Gasteiger partial charge in [-0.2, -0.15) is 11.8 Å². The van der Waals surface area contributed by atoms with E-state index in [1.807, 2.05) is 83.3 Å². The van der Waals surface area contributed by atoms with Crippen molar-refractivity contribution in [2.24, 2.45) is 0 Å². The molecule has 1 fully saturated rings. The Morgan fingerprint density at radius 3 is 2.50 bits per heavy atom. The fourth-order valence-corrected chi connectivity index (χ4v) is 7.24.